The maximum Gasteiger partial charge on any atom is 0.192 e. The molecule has 0 aromatic carbocycles. The third-order valence-corrected chi connectivity index (χ3v) is 23.3. The molecule has 0 radical (unpaired) electrons. The van der Waals surface area contributed by atoms with E-state index in [0.717, 1.165) is 0 Å². The lowest BCUT2D eigenvalue weighted by Gasteiger charge is -2.52. The summed E-state index contributed by atoms with van der Waals surface area (Å²) >= 11 is 0. The number of hydrogen-bond acceptors (Lipinski definition) is 6. The van der Waals surface area contributed by atoms with Crippen molar-refractivity contribution in [3.63, 3.8) is 0 Å². The molecule has 0 spiro atoms. The molecule has 0 saturated carbocycles. The van der Waals surface area contributed by atoms with Crippen LogP contribution in [0, 0.1) is 11.8 Å². The van der Waals surface area contributed by atoms with Gasteiger partial charge in [-0.1, -0.05) is 62.3 Å². The summed E-state index contributed by atoms with van der Waals surface area (Å²) in [5.74, 6) is -0.0967. The standard InChI is InChI=1S/C27H58O6Si3/c1-25(2,3)34(10,11)30-18-20-22(32-35(12,13)26(4,5)6)23(33-36(14,15)27(7,8)9)21-19(16-28)17-29-24(21)31-20/h19-24,28H,16-18H2,1-15H3/t19-,20+,21+,22+,23+,24-/m0/s1. The first-order chi connectivity index (χ1) is 16.0. The van der Waals surface area contributed by atoms with Crippen LogP contribution in [-0.2, 0) is 22.8 Å². The fourth-order valence-corrected chi connectivity index (χ4v) is 7.69. The van der Waals surface area contributed by atoms with Gasteiger partial charge in [-0.3, -0.25) is 0 Å². The highest BCUT2D eigenvalue weighted by Crippen LogP contribution is 2.48. The lowest BCUT2D eigenvalue weighted by molar-refractivity contribution is -0.254. The van der Waals surface area contributed by atoms with Crippen LogP contribution >= 0.6 is 0 Å². The van der Waals surface area contributed by atoms with Crippen molar-refractivity contribution in [1.82, 2.24) is 0 Å². The van der Waals surface area contributed by atoms with Gasteiger partial charge in [0, 0.05) is 18.4 Å². The third-order valence-electron chi connectivity index (χ3n) is 9.83. The molecule has 2 aliphatic heterocycles. The van der Waals surface area contributed by atoms with Crippen LogP contribution in [0.25, 0.3) is 0 Å². The smallest absolute Gasteiger partial charge is 0.192 e. The van der Waals surface area contributed by atoms with Gasteiger partial charge in [-0.15, -0.1) is 0 Å². The van der Waals surface area contributed by atoms with Crippen LogP contribution in [0.4, 0.5) is 0 Å². The summed E-state index contributed by atoms with van der Waals surface area (Å²) in [5, 5.41) is 10.4. The molecule has 2 saturated heterocycles. The topological polar surface area (TPSA) is 66.4 Å². The minimum Gasteiger partial charge on any atom is -0.414 e. The Morgan fingerprint density at radius 2 is 1.17 bits per heavy atom. The normalized spacial score (nSPS) is 31.0. The Labute approximate surface area is 225 Å². The van der Waals surface area contributed by atoms with Crippen molar-refractivity contribution in [3.8, 4) is 0 Å². The van der Waals surface area contributed by atoms with E-state index in [1.54, 1.807) is 0 Å². The Bertz CT molecular complexity index is 735. The van der Waals surface area contributed by atoms with E-state index in [-0.39, 0.29) is 51.9 Å². The number of aliphatic hydroxyl groups excluding tert-OH is 1. The van der Waals surface area contributed by atoms with Crippen molar-refractivity contribution in [3.05, 3.63) is 0 Å². The van der Waals surface area contributed by atoms with Gasteiger partial charge in [0.05, 0.1) is 25.4 Å². The number of fused-ring (bicyclic) bond motifs is 1. The second-order valence-electron chi connectivity index (χ2n) is 15.7. The second-order valence-corrected chi connectivity index (χ2v) is 30.0. The molecule has 214 valence electrons. The molecule has 0 aromatic rings. The number of ether oxygens (including phenoxy) is 2. The summed E-state index contributed by atoms with van der Waals surface area (Å²) in [6.45, 7) is 35.1. The lowest BCUT2D eigenvalue weighted by atomic mass is 9.84. The van der Waals surface area contributed by atoms with E-state index in [2.05, 4.69) is 102 Å². The van der Waals surface area contributed by atoms with Gasteiger partial charge in [0.2, 0.25) is 0 Å². The summed E-state index contributed by atoms with van der Waals surface area (Å²) in [5.41, 5.74) is 0. The van der Waals surface area contributed by atoms with E-state index >= 15 is 0 Å². The molecule has 2 rings (SSSR count). The minimum absolute atomic E-state index is 0.0301. The van der Waals surface area contributed by atoms with E-state index in [1.165, 1.54) is 0 Å². The highest BCUT2D eigenvalue weighted by Gasteiger charge is 2.58. The Hall–Kier alpha value is 0.411. The number of hydrogen-bond donors (Lipinski definition) is 1. The van der Waals surface area contributed by atoms with Crippen molar-refractivity contribution in [2.24, 2.45) is 11.8 Å². The first-order valence-corrected chi connectivity index (χ1v) is 22.6. The van der Waals surface area contributed by atoms with Gasteiger partial charge in [0.1, 0.15) is 6.10 Å². The van der Waals surface area contributed by atoms with Crippen LogP contribution in [-0.4, -0.2) is 74.5 Å². The van der Waals surface area contributed by atoms with Gasteiger partial charge in [0.25, 0.3) is 0 Å². The molecule has 6 atom stereocenters. The quantitative estimate of drug-likeness (QED) is 0.329. The van der Waals surface area contributed by atoms with E-state index in [1.807, 2.05) is 0 Å². The van der Waals surface area contributed by atoms with Crippen LogP contribution in [0.3, 0.4) is 0 Å². The summed E-state index contributed by atoms with van der Waals surface area (Å²) in [7, 11) is -6.35. The largest absolute Gasteiger partial charge is 0.414 e. The Morgan fingerprint density at radius 3 is 1.58 bits per heavy atom. The Kier molecular flexibility index (Phi) is 9.75. The molecule has 9 heteroatoms. The predicted molar refractivity (Wildman–Crippen MR) is 156 cm³/mol. The van der Waals surface area contributed by atoms with Crippen LogP contribution in [0.15, 0.2) is 0 Å². The molecular formula is C27H58O6Si3. The summed E-state index contributed by atoms with van der Waals surface area (Å²) in [6, 6.07) is 0. The molecule has 36 heavy (non-hydrogen) atoms. The van der Waals surface area contributed by atoms with Gasteiger partial charge >= 0.3 is 0 Å². The SMILES string of the molecule is CC(C)(C)[Si](C)(C)OC[C@H]1O[C@@H]2OC[C@H](CO)[C@@H]2[C@@H](O[Si](C)(C)C(C)(C)C)[C@@H]1O[Si](C)(C)C(C)(C)C. The van der Waals surface area contributed by atoms with Gasteiger partial charge < -0.3 is 27.9 Å². The zero-order chi connectivity index (χ0) is 28.1. The average Bonchev–Trinajstić information content (AvgIpc) is 3.08. The van der Waals surface area contributed by atoms with Gasteiger partial charge in [-0.25, -0.2) is 0 Å². The molecule has 0 aromatic heterocycles. The monoisotopic (exact) mass is 562 g/mol. The fraction of sp³-hybridized carbons (Fsp3) is 1.00. The van der Waals surface area contributed by atoms with E-state index < -0.39 is 31.2 Å². The maximum atomic E-state index is 10.3. The number of aliphatic hydroxyl groups is 1. The zero-order valence-corrected chi connectivity index (χ0v) is 29.1. The van der Waals surface area contributed by atoms with E-state index in [9.17, 15) is 5.11 Å². The molecule has 0 aliphatic carbocycles. The van der Waals surface area contributed by atoms with E-state index in [0.29, 0.717) is 13.2 Å². The van der Waals surface area contributed by atoms with Crippen LogP contribution in [0.5, 0.6) is 0 Å². The lowest BCUT2D eigenvalue weighted by Crippen LogP contribution is -2.64. The Morgan fingerprint density at radius 1 is 0.722 bits per heavy atom. The number of rotatable bonds is 8. The average molecular weight is 563 g/mol. The zero-order valence-electron chi connectivity index (χ0n) is 26.1. The Balaban J connectivity index is 2.54. The van der Waals surface area contributed by atoms with Crippen molar-refractivity contribution in [1.29, 1.82) is 0 Å². The molecule has 2 aliphatic rings. The third kappa shape index (κ3) is 6.94. The molecule has 6 nitrogen and oxygen atoms in total. The van der Waals surface area contributed by atoms with Gasteiger partial charge in [-0.05, 0) is 54.4 Å². The van der Waals surface area contributed by atoms with E-state index in [4.69, 9.17) is 22.8 Å². The predicted octanol–water partition coefficient (Wildman–Crippen LogP) is 6.77. The van der Waals surface area contributed by atoms with Gasteiger partial charge in [-0.2, -0.15) is 0 Å². The summed E-state index contributed by atoms with van der Waals surface area (Å²) in [6.07, 6.45) is -1.20. The first-order valence-electron chi connectivity index (χ1n) is 13.8. The molecule has 0 bridgehead atoms. The summed E-state index contributed by atoms with van der Waals surface area (Å²) < 4.78 is 33.9. The van der Waals surface area contributed by atoms with Crippen molar-refractivity contribution in [2.75, 3.05) is 19.8 Å². The van der Waals surface area contributed by atoms with Crippen LogP contribution in [0.1, 0.15) is 62.3 Å². The van der Waals surface area contributed by atoms with Crippen molar-refractivity contribution in [2.45, 2.75) is 141 Å². The maximum absolute atomic E-state index is 10.3. The molecular weight excluding hydrogens is 505 g/mol. The molecule has 1 N–H and O–H groups in total. The molecule has 2 fully saturated rings. The second kappa shape index (κ2) is 10.8. The van der Waals surface area contributed by atoms with Crippen LogP contribution in [0.2, 0.25) is 54.4 Å². The minimum atomic E-state index is -2.18. The highest BCUT2D eigenvalue weighted by molar-refractivity contribution is 6.75. The molecule has 0 unspecified atom stereocenters. The van der Waals surface area contributed by atoms with Crippen molar-refractivity contribution >= 4 is 25.0 Å². The van der Waals surface area contributed by atoms with Crippen LogP contribution < -0.4 is 0 Å². The molecule has 2 heterocycles. The molecule has 0 amide bonds. The summed E-state index contributed by atoms with van der Waals surface area (Å²) in [4.78, 5) is 0. The van der Waals surface area contributed by atoms with Gasteiger partial charge in [0.15, 0.2) is 31.2 Å². The van der Waals surface area contributed by atoms with Crippen molar-refractivity contribution < 1.29 is 27.9 Å². The highest BCUT2D eigenvalue weighted by atomic mass is 28.4. The fourth-order valence-electron chi connectivity index (χ4n) is 4.03. The first kappa shape index (κ1) is 32.6.